The van der Waals surface area contributed by atoms with Crippen LogP contribution >= 0.6 is 0 Å². The second-order valence-corrected chi connectivity index (χ2v) is 5.39. The van der Waals surface area contributed by atoms with Crippen LogP contribution in [0, 0.1) is 5.41 Å². The third-order valence-corrected chi connectivity index (χ3v) is 2.82. The quantitative estimate of drug-likeness (QED) is 0.622. The Bertz CT molecular complexity index is 283. The average molecular weight is 227 g/mol. The summed E-state index contributed by atoms with van der Waals surface area (Å²) in [7, 11) is 0. The fraction of sp³-hybridized carbons (Fsp3) is 0.818. The molecular formula is C11H21N3O2. The van der Waals surface area contributed by atoms with E-state index >= 15 is 0 Å². The Kier molecular flexibility index (Phi) is 3.91. The highest BCUT2D eigenvalue weighted by atomic mass is 16.2. The van der Waals surface area contributed by atoms with Crippen molar-refractivity contribution in [3.63, 3.8) is 0 Å². The molecule has 1 saturated heterocycles. The van der Waals surface area contributed by atoms with Crippen LogP contribution in [-0.4, -0.2) is 30.4 Å². The standard InChI is InChI=1S/C11H21N3O2/c1-11(2,3)9(12)10(16)13-6-7-4-5-8(15)14-7/h7,9H,4-6,12H2,1-3H3,(H,13,16)(H,14,15). The molecule has 0 bridgehead atoms. The number of carbonyl (C=O) groups is 2. The molecule has 92 valence electrons. The number of rotatable bonds is 3. The van der Waals surface area contributed by atoms with E-state index in [2.05, 4.69) is 10.6 Å². The highest BCUT2D eigenvalue weighted by molar-refractivity contribution is 5.82. The summed E-state index contributed by atoms with van der Waals surface area (Å²) in [6.07, 6.45) is 1.33. The summed E-state index contributed by atoms with van der Waals surface area (Å²) in [5.41, 5.74) is 5.56. The third-order valence-electron chi connectivity index (χ3n) is 2.82. The van der Waals surface area contributed by atoms with Gasteiger partial charge in [-0.2, -0.15) is 0 Å². The minimum atomic E-state index is -0.524. The van der Waals surface area contributed by atoms with Crippen molar-refractivity contribution in [1.29, 1.82) is 0 Å². The van der Waals surface area contributed by atoms with Crippen LogP contribution in [0.1, 0.15) is 33.6 Å². The molecular weight excluding hydrogens is 206 g/mol. The zero-order chi connectivity index (χ0) is 12.3. The van der Waals surface area contributed by atoms with Crippen molar-refractivity contribution in [2.75, 3.05) is 6.54 Å². The molecule has 16 heavy (non-hydrogen) atoms. The second-order valence-electron chi connectivity index (χ2n) is 5.39. The van der Waals surface area contributed by atoms with Crippen molar-refractivity contribution in [1.82, 2.24) is 10.6 Å². The van der Waals surface area contributed by atoms with E-state index in [4.69, 9.17) is 5.73 Å². The zero-order valence-electron chi connectivity index (χ0n) is 10.2. The van der Waals surface area contributed by atoms with Crippen LogP contribution in [0.15, 0.2) is 0 Å². The first-order valence-electron chi connectivity index (χ1n) is 5.63. The van der Waals surface area contributed by atoms with Gasteiger partial charge in [-0.05, 0) is 11.8 Å². The molecule has 0 spiro atoms. The molecule has 1 fully saturated rings. The maximum Gasteiger partial charge on any atom is 0.237 e. The van der Waals surface area contributed by atoms with Gasteiger partial charge in [0.1, 0.15) is 0 Å². The summed E-state index contributed by atoms with van der Waals surface area (Å²) >= 11 is 0. The van der Waals surface area contributed by atoms with Gasteiger partial charge in [-0.25, -0.2) is 0 Å². The topological polar surface area (TPSA) is 84.2 Å². The lowest BCUT2D eigenvalue weighted by atomic mass is 9.87. The molecule has 1 aliphatic heterocycles. The molecule has 0 aromatic rings. The summed E-state index contributed by atoms with van der Waals surface area (Å²) in [5.74, 6) is -0.104. The molecule has 2 unspecified atom stereocenters. The smallest absolute Gasteiger partial charge is 0.237 e. The molecule has 0 aromatic heterocycles. The fourth-order valence-electron chi connectivity index (χ4n) is 1.56. The molecule has 0 radical (unpaired) electrons. The predicted octanol–water partition coefficient (Wildman–Crippen LogP) is -0.245. The van der Waals surface area contributed by atoms with E-state index in [0.29, 0.717) is 13.0 Å². The molecule has 1 rings (SSSR count). The van der Waals surface area contributed by atoms with E-state index in [1.54, 1.807) is 0 Å². The molecule has 2 atom stereocenters. The van der Waals surface area contributed by atoms with Crippen LogP contribution in [-0.2, 0) is 9.59 Å². The van der Waals surface area contributed by atoms with Crippen LogP contribution in [0.5, 0.6) is 0 Å². The first kappa shape index (κ1) is 13.0. The van der Waals surface area contributed by atoms with E-state index in [1.807, 2.05) is 20.8 Å². The van der Waals surface area contributed by atoms with Crippen LogP contribution in [0.25, 0.3) is 0 Å². The molecule has 4 N–H and O–H groups in total. The largest absolute Gasteiger partial charge is 0.353 e. The monoisotopic (exact) mass is 227 g/mol. The van der Waals surface area contributed by atoms with Gasteiger partial charge in [-0.3, -0.25) is 9.59 Å². The molecule has 0 aromatic carbocycles. The van der Waals surface area contributed by atoms with Crippen LogP contribution in [0.3, 0.4) is 0 Å². The summed E-state index contributed by atoms with van der Waals surface area (Å²) in [5, 5.41) is 5.57. The van der Waals surface area contributed by atoms with Crippen LogP contribution < -0.4 is 16.4 Å². The minimum absolute atomic E-state index is 0.0550. The normalized spacial score (nSPS) is 22.8. The molecule has 2 amide bonds. The maximum atomic E-state index is 11.7. The lowest BCUT2D eigenvalue weighted by Crippen LogP contribution is -2.51. The van der Waals surface area contributed by atoms with Crippen molar-refractivity contribution in [3.8, 4) is 0 Å². The van der Waals surface area contributed by atoms with Crippen molar-refractivity contribution in [3.05, 3.63) is 0 Å². The van der Waals surface area contributed by atoms with Gasteiger partial charge in [0.2, 0.25) is 11.8 Å². The van der Waals surface area contributed by atoms with Crippen molar-refractivity contribution in [2.24, 2.45) is 11.1 Å². The van der Waals surface area contributed by atoms with Gasteiger partial charge in [0.15, 0.2) is 0 Å². The number of hydrogen-bond acceptors (Lipinski definition) is 3. The molecule has 5 heteroatoms. The van der Waals surface area contributed by atoms with Gasteiger partial charge in [0.25, 0.3) is 0 Å². The third kappa shape index (κ3) is 3.48. The average Bonchev–Trinajstić information content (AvgIpc) is 2.58. The lowest BCUT2D eigenvalue weighted by Gasteiger charge is -2.26. The number of nitrogens with two attached hydrogens (primary N) is 1. The number of hydrogen-bond donors (Lipinski definition) is 3. The number of nitrogens with one attached hydrogen (secondary N) is 2. The van der Waals surface area contributed by atoms with Gasteiger partial charge >= 0.3 is 0 Å². The number of amides is 2. The first-order chi connectivity index (χ1) is 7.30. The zero-order valence-corrected chi connectivity index (χ0v) is 10.2. The number of carbonyl (C=O) groups excluding carboxylic acids is 2. The van der Waals surface area contributed by atoms with Crippen molar-refractivity contribution >= 4 is 11.8 Å². The molecule has 1 aliphatic rings. The van der Waals surface area contributed by atoms with Gasteiger partial charge in [0.05, 0.1) is 6.04 Å². The lowest BCUT2D eigenvalue weighted by molar-refractivity contribution is -0.125. The minimum Gasteiger partial charge on any atom is -0.353 e. The molecule has 1 heterocycles. The van der Waals surface area contributed by atoms with E-state index < -0.39 is 6.04 Å². The first-order valence-corrected chi connectivity index (χ1v) is 5.63. The molecule has 5 nitrogen and oxygen atoms in total. The van der Waals surface area contributed by atoms with E-state index in [9.17, 15) is 9.59 Å². The van der Waals surface area contributed by atoms with E-state index in [-0.39, 0.29) is 23.3 Å². The predicted molar refractivity (Wildman–Crippen MR) is 61.6 cm³/mol. The highest BCUT2D eigenvalue weighted by Crippen LogP contribution is 2.17. The van der Waals surface area contributed by atoms with Crippen LogP contribution in [0.2, 0.25) is 0 Å². The second kappa shape index (κ2) is 4.82. The van der Waals surface area contributed by atoms with Gasteiger partial charge in [-0.1, -0.05) is 20.8 Å². The Morgan fingerprint density at radius 2 is 2.25 bits per heavy atom. The van der Waals surface area contributed by atoms with E-state index in [1.165, 1.54) is 0 Å². The highest BCUT2D eigenvalue weighted by Gasteiger charge is 2.28. The SMILES string of the molecule is CC(C)(C)C(N)C(=O)NCC1CCC(=O)N1. The van der Waals surface area contributed by atoms with Crippen molar-refractivity contribution < 1.29 is 9.59 Å². The molecule has 0 saturated carbocycles. The Morgan fingerprint density at radius 1 is 1.62 bits per heavy atom. The van der Waals surface area contributed by atoms with Crippen LogP contribution in [0.4, 0.5) is 0 Å². The van der Waals surface area contributed by atoms with Gasteiger partial charge < -0.3 is 16.4 Å². The summed E-state index contributed by atoms with van der Waals surface area (Å²) < 4.78 is 0. The summed E-state index contributed by atoms with van der Waals surface area (Å²) in [6, 6.07) is -0.465. The fourth-order valence-corrected chi connectivity index (χ4v) is 1.56. The van der Waals surface area contributed by atoms with Gasteiger partial charge in [0, 0.05) is 19.0 Å². The Hall–Kier alpha value is -1.10. The summed E-state index contributed by atoms with van der Waals surface area (Å²) in [4.78, 5) is 22.6. The Labute approximate surface area is 96.1 Å². The maximum absolute atomic E-state index is 11.7. The van der Waals surface area contributed by atoms with E-state index in [0.717, 1.165) is 6.42 Å². The summed E-state index contributed by atoms with van der Waals surface area (Å²) in [6.45, 7) is 6.24. The Morgan fingerprint density at radius 3 is 2.69 bits per heavy atom. The van der Waals surface area contributed by atoms with Gasteiger partial charge in [-0.15, -0.1) is 0 Å². The Balaban J connectivity index is 2.33. The molecule has 0 aliphatic carbocycles. The van der Waals surface area contributed by atoms with Crippen molar-refractivity contribution in [2.45, 2.75) is 45.7 Å².